The first kappa shape index (κ1) is 82.0. The Morgan fingerprint density at radius 2 is 1.14 bits per heavy atom. The number of benzene rings is 4. The van der Waals surface area contributed by atoms with Crippen LogP contribution in [0.1, 0.15) is 107 Å². The molecule has 10 atom stereocenters. The van der Waals surface area contributed by atoms with Crippen molar-refractivity contribution in [1.29, 1.82) is 0 Å². The van der Waals surface area contributed by atoms with Gasteiger partial charge in [-0.15, -0.1) is 0 Å². The molecule has 1 saturated heterocycles. The van der Waals surface area contributed by atoms with Gasteiger partial charge in [0.05, 0.1) is 6.61 Å². The van der Waals surface area contributed by atoms with Gasteiger partial charge in [0, 0.05) is 76.7 Å². The molecule has 5 aromatic rings. The number of nitrogens with one attached hydrogen (secondary N) is 9. The Hall–Kier alpha value is -10.9. The molecule has 560 valence electrons. The molecule has 31 nitrogen and oxygen atoms in total. The lowest BCUT2D eigenvalue weighted by molar-refractivity contribution is -0.144. The number of pyridine rings is 1. The average Bonchev–Trinajstić information content (AvgIpc) is 1.53. The number of likely N-dealkylation sites (N-methyl/N-ethyl adjacent to an activating group) is 1. The number of phenolic OH excluding ortho intramolecular Hbond substituents is 1. The highest BCUT2D eigenvalue weighted by Gasteiger charge is 2.41. The summed E-state index contributed by atoms with van der Waals surface area (Å²) in [5.41, 5.74) is 23.9. The number of fused-ring (bicyclic) bond motifs is 1. The number of guanidine groups is 1. The number of aliphatic imine (C=N–C) groups is 1. The van der Waals surface area contributed by atoms with E-state index in [1.807, 2.05) is 49.4 Å². The summed E-state index contributed by atoms with van der Waals surface area (Å²) in [4.78, 5) is 178. The number of primary amides is 2. The van der Waals surface area contributed by atoms with E-state index in [0.29, 0.717) is 46.5 Å². The third kappa shape index (κ3) is 26.1. The lowest BCUT2D eigenvalue weighted by Crippen LogP contribution is -2.61. The van der Waals surface area contributed by atoms with E-state index < -0.39 is 138 Å². The molecule has 4 aromatic carbocycles. The molecule has 0 saturated carbocycles. The zero-order chi connectivity index (χ0) is 76.0. The summed E-state index contributed by atoms with van der Waals surface area (Å²) >= 11 is 6.24. The van der Waals surface area contributed by atoms with Crippen LogP contribution in [0.2, 0.25) is 5.02 Å². The molecule has 0 bridgehead atoms. The van der Waals surface area contributed by atoms with Crippen molar-refractivity contribution in [2.24, 2.45) is 27.9 Å². The molecule has 1 fully saturated rings. The van der Waals surface area contributed by atoms with Crippen molar-refractivity contribution in [2.45, 2.75) is 171 Å². The number of hydrogen-bond acceptors (Lipinski definition) is 16. The highest BCUT2D eigenvalue weighted by molar-refractivity contribution is 6.30. The summed E-state index contributed by atoms with van der Waals surface area (Å²) in [6.45, 7) is 3.68. The van der Waals surface area contributed by atoms with Crippen molar-refractivity contribution in [3.05, 3.63) is 143 Å². The van der Waals surface area contributed by atoms with Gasteiger partial charge in [-0.05, 0) is 122 Å². The number of urea groups is 1. The number of carbonyl (C=O) groups is 12. The number of hydrogen-bond donors (Lipinski definition) is 15. The molecule has 1 aliphatic rings. The fourth-order valence-corrected chi connectivity index (χ4v) is 12.0. The second kappa shape index (κ2) is 41.2. The molecule has 1 aromatic heterocycles. The van der Waals surface area contributed by atoms with Gasteiger partial charge in [-0.1, -0.05) is 104 Å². The molecule has 32 heteroatoms. The minimum atomic E-state index is -1.83. The minimum absolute atomic E-state index is 0.0278. The second-order valence-corrected chi connectivity index (χ2v) is 26.1. The molecule has 0 spiro atoms. The van der Waals surface area contributed by atoms with E-state index in [9.17, 15) is 63.0 Å². The first-order valence-corrected chi connectivity index (χ1v) is 34.9. The molecule has 0 aliphatic carbocycles. The Morgan fingerprint density at radius 3 is 1.74 bits per heavy atom. The van der Waals surface area contributed by atoms with Gasteiger partial charge in [0.2, 0.25) is 65.0 Å². The molecule has 104 heavy (non-hydrogen) atoms. The topological polar surface area (TPSA) is 489 Å². The molecule has 19 N–H and O–H groups in total. The fourth-order valence-electron chi connectivity index (χ4n) is 11.8. The second-order valence-electron chi connectivity index (χ2n) is 25.6. The maximum absolute atomic E-state index is 15.1. The van der Waals surface area contributed by atoms with E-state index in [-0.39, 0.29) is 102 Å². The number of nitrogens with two attached hydrogens (primary N) is 4. The van der Waals surface area contributed by atoms with Crippen LogP contribution in [0.25, 0.3) is 10.8 Å². The fraction of sp³-hybridized carbons (Fsp3) is 0.444. The Kier molecular flexibility index (Phi) is 32.5. The number of carbonyl (C=O) groups excluding carboxylic acids is 12. The van der Waals surface area contributed by atoms with Gasteiger partial charge in [0.25, 0.3) is 0 Å². The van der Waals surface area contributed by atoms with Crippen LogP contribution in [0.5, 0.6) is 5.75 Å². The van der Waals surface area contributed by atoms with Gasteiger partial charge in [0.15, 0.2) is 5.96 Å². The zero-order valence-electron chi connectivity index (χ0n) is 58.7. The lowest BCUT2D eigenvalue weighted by atomic mass is 9.99. The quantitative estimate of drug-likeness (QED) is 0.0141. The van der Waals surface area contributed by atoms with Crippen LogP contribution in [-0.2, 0) is 78.4 Å². The van der Waals surface area contributed by atoms with Gasteiger partial charge >= 0.3 is 6.03 Å². The number of halogens is 1. The normalized spacial score (nSPS) is 15.1. The lowest BCUT2D eigenvalue weighted by Gasteiger charge is -2.33. The van der Waals surface area contributed by atoms with Crippen LogP contribution >= 0.6 is 11.6 Å². The molecule has 0 radical (unpaired) electrons. The number of amides is 13. The van der Waals surface area contributed by atoms with E-state index in [4.69, 9.17) is 34.5 Å². The van der Waals surface area contributed by atoms with E-state index in [0.717, 1.165) is 15.7 Å². The van der Waals surface area contributed by atoms with Crippen molar-refractivity contribution in [1.82, 2.24) is 62.6 Å². The maximum Gasteiger partial charge on any atom is 0.312 e. The van der Waals surface area contributed by atoms with Crippen molar-refractivity contribution < 1.29 is 67.7 Å². The first-order valence-electron chi connectivity index (χ1n) is 34.5. The number of nitrogens with zero attached hydrogens (tertiary/aromatic N) is 4. The zero-order valence-corrected chi connectivity index (χ0v) is 59.5. The number of phenols is 1. The highest BCUT2D eigenvalue weighted by Crippen LogP contribution is 2.23. The van der Waals surface area contributed by atoms with Crippen molar-refractivity contribution in [3.63, 3.8) is 0 Å². The SMILES string of the molecule is CCCC[C@@H](NC(=O)[C@@H](CCCCNC(N)=O)NC(=O)[C@H](Cc1ccc(O)cc1)N(C)C(=O)[C@H](CO)NC(=O)[C@@H](Cc1cccnc1)NC(=O)[C@@H](Cc1ccc(Cl)cc1)NC(=O)[C@@H](Cc1ccc2ccccc2c1)NC(C)=O)C(=O)N[C@@H](CCCN=C(N)N)C(=O)N1CCC[C@H]1C(=O)N[C@H](C)C(N)=O. The standard InChI is InChI=1S/C72H96ClN17O14/c1-5-6-17-52(63(96)85-54(19-12-33-79-71(75)76)70(103)90-34-13-20-59(90)67(100)81-42(2)61(74)94)83-62(95)53(18-9-10-32-80-72(77)104)84-68(101)60(39-45-24-29-51(93)30-25-45)89(4)69(102)58(41-91)88-66(99)57(38-47-14-11-31-78-40-47)87-65(98)56(36-44-22-27-50(73)28-23-44)86-64(97)55(82-43(3)92)37-46-21-26-48-15-7-8-16-49(48)35-46/h7-8,11,14-16,21-31,35,40,42,52-60,91,93H,5-6,9-10,12-13,17-20,32-34,36-39,41H2,1-4H3,(H2,74,94)(H,81,100)(H,82,92)(H,83,95)(H,84,101)(H,85,96)(H,86,97)(H,87,98)(H,88,99)(H4,75,76,79)(H3,77,80,104)/t42-,52-,53-,54+,55-,56-,57-,58+,59+,60+/m1/s1. The smallest absolute Gasteiger partial charge is 0.312 e. The van der Waals surface area contributed by atoms with Gasteiger partial charge in [-0.3, -0.25) is 62.7 Å². The van der Waals surface area contributed by atoms with Crippen LogP contribution < -0.4 is 70.8 Å². The van der Waals surface area contributed by atoms with Gasteiger partial charge in [-0.25, -0.2) is 4.79 Å². The van der Waals surface area contributed by atoms with Crippen LogP contribution in [0.3, 0.4) is 0 Å². The van der Waals surface area contributed by atoms with Crippen molar-refractivity contribution in [3.8, 4) is 5.75 Å². The summed E-state index contributed by atoms with van der Waals surface area (Å²) in [7, 11) is 1.22. The monoisotopic (exact) mass is 1460 g/mol. The first-order chi connectivity index (χ1) is 49.6. The minimum Gasteiger partial charge on any atom is -0.508 e. The Bertz CT molecular complexity index is 3810. The van der Waals surface area contributed by atoms with Gasteiger partial charge in [-0.2, -0.15) is 0 Å². The molecule has 13 amide bonds. The predicted octanol–water partition coefficient (Wildman–Crippen LogP) is 0.161. The molecule has 0 unspecified atom stereocenters. The molecule has 2 heterocycles. The third-order valence-corrected chi connectivity index (χ3v) is 17.8. The van der Waals surface area contributed by atoms with E-state index in [1.54, 1.807) is 36.4 Å². The predicted molar refractivity (Wildman–Crippen MR) is 388 cm³/mol. The molecule has 1 aliphatic heterocycles. The largest absolute Gasteiger partial charge is 0.508 e. The molecular formula is C72H96ClN17O14. The van der Waals surface area contributed by atoms with E-state index >= 15 is 4.79 Å². The number of rotatable bonds is 40. The maximum atomic E-state index is 15.1. The van der Waals surface area contributed by atoms with Crippen LogP contribution in [0.15, 0.2) is 121 Å². The van der Waals surface area contributed by atoms with E-state index in [2.05, 4.69) is 57.8 Å². The Balaban J connectivity index is 1.28. The number of likely N-dealkylation sites (tertiary alicyclic amines) is 1. The number of aliphatic hydroxyl groups is 1. The molecule has 6 rings (SSSR count). The summed E-state index contributed by atoms with van der Waals surface area (Å²) in [5, 5.41) is 47.6. The number of aliphatic hydroxyl groups excluding tert-OH is 1. The van der Waals surface area contributed by atoms with Crippen LogP contribution in [0, 0.1) is 0 Å². The van der Waals surface area contributed by atoms with Crippen molar-refractivity contribution >= 4 is 99.3 Å². The third-order valence-electron chi connectivity index (χ3n) is 17.5. The summed E-state index contributed by atoms with van der Waals surface area (Å²) in [6.07, 6.45) is 4.27. The van der Waals surface area contributed by atoms with Gasteiger partial charge < -0.3 is 90.8 Å². The molecular weight excluding hydrogens is 1360 g/mol. The Morgan fingerprint density at radius 1 is 0.606 bits per heavy atom. The number of aromatic hydroxyl groups is 1. The van der Waals surface area contributed by atoms with Crippen LogP contribution in [0.4, 0.5) is 4.79 Å². The highest BCUT2D eigenvalue weighted by atomic mass is 35.5. The number of aromatic nitrogens is 1. The van der Waals surface area contributed by atoms with Crippen molar-refractivity contribution in [2.75, 3.05) is 33.3 Å². The van der Waals surface area contributed by atoms with Crippen LogP contribution in [-0.4, -0.2) is 196 Å². The van der Waals surface area contributed by atoms with Gasteiger partial charge in [0.1, 0.15) is 66.2 Å². The average molecular weight is 1460 g/mol. The number of unbranched alkanes of at least 4 members (excludes halogenated alkanes) is 2. The van der Waals surface area contributed by atoms with E-state index in [1.165, 1.54) is 62.5 Å². The Labute approximate surface area is 607 Å². The summed E-state index contributed by atoms with van der Waals surface area (Å²) in [5.74, 6) is -9.21. The summed E-state index contributed by atoms with van der Waals surface area (Å²) in [6, 6.07) is 14.0. The summed E-state index contributed by atoms with van der Waals surface area (Å²) < 4.78 is 0.